The summed E-state index contributed by atoms with van der Waals surface area (Å²) in [6.07, 6.45) is -0.0148. The minimum Gasteiger partial charge on any atom is -0.489 e. The fraction of sp³-hybridized carbons (Fsp3) is 0.278. The number of benzene rings is 2. The van der Waals surface area contributed by atoms with Crippen LogP contribution in [0.2, 0.25) is 10.0 Å². The molecule has 0 unspecified atom stereocenters. The molecule has 4 nitrogen and oxygen atoms in total. The Morgan fingerprint density at radius 3 is 2.54 bits per heavy atom. The third kappa shape index (κ3) is 4.56. The second kappa shape index (κ2) is 7.77. The number of halogens is 2. The molecule has 0 atom stereocenters. The number of aryl methyl sites for hydroxylation is 1. The Hall–Kier alpha value is -1.91. The maximum absolute atomic E-state index is 11.0. The molecule has 0 heterocycles. The predicted octanol–water partition coefficient (Wildman–Crippen LogP) is 5.40. The number of hydrogen-bond donors (Lipinski definition) is 2. The Labute approximate surface area is 151 Å². The second-order valence-corrected chi connectivity index (χ2v) is 6.57. The number of nitrogens with one attached hydrogen (secondary N) is 1. The topological polar surface area (TPSA) is 58.6 Å². The van der Waals surface area contributed by atoms with Crippen molar-refractivity contribution in [3.05, 3.63) is 57.1 Å². The molecule has 0 saturated carbocycles. The number of carbonyl (C=O) groups is 1. The summed E-state index contributed by atoms with van der Waals surface area (Å²) >= 11 is 12.3. The van der Waals surface area contributed by atoms with Gasteiger partial charge in [-0.15, -0.1) is 0 Å². The molecule has 0 aliphatic carbocycles. The van der Waals surface area contributed by atoms with Crippen LogP contribution < -0.4 is 10.1 Å². The van der Waals surface area contributed by atoms with Gasteiger partial charge in [0.25, 0.3) is 0 Å². The van der Waals surface area contributed by atoms with Crippen LogP contribution in [0.15, 0.2) is 30.3 Å². The lowest BCUT2D eigenvalue weighted by molar-refractivity contribution is 0.0697. The van der Waals surface area contributed by atoms with Gasteiger partial charge in [-0.1, -0.05) is 23.2 Å². The summed E-state index contributed by atoms with van der Waals surface area (Å²) in [6, 6.07) is 8.39. The van der Waals surface area contributed by atoms with Crippen LogP contribution in [0.25, 0.3) is 0 Å². The van der Waals surface area contributed by atoms with Crippen molar-refractivity contribution in [3.8, 4) is 5.75 Å². The highest BCUT2D eigenvalue weighted by Crippen LogP contribution is 2.34. The van der Waals surface area contributed by atoms with E-state index in [4.69, 9.17) is 33.0 Å². The van der Waals surface area contributed by atoms with Crippen LogP contribution in [0.4, 0.5) is 5.69 Å². The summed E-state index contributed by atoms with van der Waals surface area (Å²) in [5.41, 5.74) is 2.77. The zero-order valence-electron chi connectivity index (χ0n) is 13.7. The molecule has 0 amide bonds. The van der Waals surface area contributed by atoms with E-state index in [0.717, 1.165) is 16.8 Å². The average molecular weight is 368 g/mol. The van der Waals surface area contributed by atoms with E-state index in [1.807, 2.05) is 20.8 Å². The number of carboxylic acids is 1. The van der Waals surface area contributed by atoms with E-state index in [0.29, 0.717) is 22.3 Å². The van der Waals surface area contributed by atoms with Gasteiger partial charge in [0, 0.05) is 22.8 Å². The van der Waals surface area contributed by atoms with Crippen LogP contribution in [0.1, 0.15) is 35.3 Å². The first-order valence-corrected chi connectivity index (χ1v) is 8.26. The van der Waals surface area contributed by atoms with Gasteiger partial charge in [0.05, 0.1) is 16.7 Å². The van der Waals surface area contributed by atoms with Gasteiger partial charge in [0.15, 0.2) is 0 Å². The minimum absolute atomic E-state index is 0.0148. The Kier molecular flexibility index (Phi) is 5.97. The highest BCUT2D eigenvalue weighted by Gasteiger charge is 2.13. The molecule has 0 bridgehead atoms. The van der Waals surface area contributed by atoms with Gasteiger partial charge in [-0.3, -0.25) is 0 Å². The van der Waals surface area contributed by atoms with Gasteiger partial charge in [0.1, 0.15) is 5.75 Å². The summed E-state index contributed by atoms with van der Waals surface area (Å²) in [6.45, 7) is 6.16. The lowest BCUT2D eigenvalue weighted by Crippen LogP contribution is -2.10. The normalized spacial score (nSPS) is 10.8. The van der Waals surface area contributed by atoms with Gasteiger partial charge in [-0.05, 0) is 56.7 Å². The maximum Gasteiger partial charge on any atom is 0.335 e. The van der Waals surface area contributed by atoms with Crippen LogP contribution in [0.5, 0.6) is 5.75 Å². The maximum atomic E-state index is 11.0. The van der Waals surface area contributed by atoms with Crippen molar-refractivity contribution in [2.75, 3.05) is 5.32 Å². The van der Waals surface area contributed by atoms with Gasteiger partial charge < -0.3 is 15.2 Å². The molecule has 2 N–H and O–H groups in total. The van der Waals surface area contributed by atoms with E-state index in [-0.39, 0.29) is 11.7 Å². The monoisotopic (exact) mass is 367 g/mol. The summed E-state index contributed by atoms with van der Waals surface area (Å²) < 4.78 is 5.79. The van der Waals surface area contributed by atoms with E-state index < -0.39 is 5.97 Å². The number of rotatable bonds is 6. The molecule has 128 valence electrons. The van der Waals surface area contributed by atoms with Crippen LogP contribution in [-0.2, 0) is 6.54 Å². The third-order valence-corrected chi connectivity index (χ3v) is 3.88. The highest BCUT2D eigenvalue weighted by molar-refractivity contribution is 6.35. The van der Waals surface area contributed by atoms with Crippen molar-refractivity contribution in [2.45, 2.75) is 33.4 Å². The quantitative estimate of drug-likeness (QED) is 0.717. The summed E-state index contributed by atoms with van der Waals surface area (Å²) in [7, 11) is 0. The fourth-order valence-electron chi connectivity index (χ4n) is 2.30. The average Bonchev–Trinajstić information content (AvgIpc) is 2.48. The van der Waals surface area contributed by atoms with Gasteiger partial charge in [-0.25, -0.2) is 4.79 Å². The largest absolute Gasteiger partial charge is 0.489 e. The molecule has 0 saturated heterocycles. The molecule has 6 heteroatoms. The van der Waals surface area contributed by atoms with Crippen molar-refractivity contribution >= 4 is 34.9 Å². The van der Waals surface area contributed by atoms with Crippen molar-refractivity contribution < 1.29 is 14.6 Å². The Bertz CT molecular complexity index is 760. The predicted molar refractivity (Wildman–Crippen MR) is 97.7 cm³/mol. The molecule has 2 rings (SSSR count). The molecule has 24 heavy (non-hydrogen) atoms. The standard InChI is InChI=1S/C18H19Cl2NO3/c1-10(2)24-17-13(7-14(19)8-15(17)20)9-21-16-5-4-12(18(22)23)6-11(16)3/h4-8,10,21H,9H2,1-3H3,(H,22,23). The fourth-order valence-corrected chi connectivity index (χ4v) is 2.88. The number of aromatic carboxylic acids is 1. The zero-order valence-corrected chi connectivity index (χ0v) is 15.2. The first kappa shape index (κ1) is 18.4. The molecule has 2 aromatic rings. The van der Waals surface area contributed by atoms with Crippen molar-refractivity contribution in [1.82, 2.24) is 0 Å². The summed E-state index contributed by atoms with van der Waals surface area (Å²) in [4.78, 5) is 11.0. The van der Waals surface area contributed by atoms with E-state index in [9.17, 15) is 4.79 Å². The smallest absolute Gasteiger partial charge is 0.335 e. The Morgan fingerprint density at radius 1 is 1.25 bits per heavy atom. The number of anilines is 1. The summed E-state index contributed by atoms with van der Waals surface area (Å²) in [5.74, 6) is -0.345. The lowest BCUT2D eigenvalue weighted by atomic mass is 10.1. The Morgan fingerprint density at radius 2 is 1.96 bits per heavy atom. The molecular weight excluding hydrogens is 349 g/mol. The van der Waals surface area contributed by atoms with Gasteiger partial charge in [-0.2, -0.15) is 0 Å². The van der Waals surface area contributed by atoms with Crippen molar-refractivity contribution in [2.24, 2.45) is 0 Å². The number of carboxylic acid groups (broad SMARTS) is 1. The molecule has 0 spiro atoms. The number of hydrogen-bond acceptors (Lipinski definition) is 3. The highest BCUT2D eigenvalue weighted by atomic mass is 35.5. The minimum atomic E-state index is -0.945. The van der Waals surface area contributed by atoms with E-state index in [1.165, 1.54) is 0 Å². The first-order chi connectivity index (χ1) is 11.3. The van der Waals surface area contributed by atoms with Gasteiger partial charge in [0.2, 0.25) is 0 Å². The zero-order chi connectivity index (χ0) is 17.9. The van der Waals surface area contributed by atoms with Crippen molar-refractivity contribution in [1.29, 1.82) is 0 Å². The summed E-state index contributed by atoms with van der Waals surface area (Å²) in [5, 5.41) is 13.3. The van der Waals surface area contributed by atoms with Crippen LogP contribution >= 0.6 is 23.2 Å². The van der Waals surface area contributed by atoms with E-state index in [2.05, 4.69) is 5.32 Å². The second-order valence-electron chi connectivity index (χ2n) is 5.73. The molecule has 0 radical (unpaired) electrons. The van der Waals surface area contributed by atoms with Gasteiger partial charge >= 0.3 is 5.97 Å². The van der Waals surface area contributed by atoms with E-state index in [1.54, 1.807) is 30.3 Å². The lowest BCUT2D eigenvalue weighted by Gasteiger charge is -2.18. The molecule has 0 aliphatic heterocycles. The molecule has 0 fully saturated rings. The SMILES string of the molecule is Cc1cc(C(=O)O)ccc1NCc1cc(Cl)cc(Cl)c1OC(C)C. The first-order valence-electron chi connectivity index (χ1n) is 7.50. The Balaban J connectivity index is 2.24. The van der Waals surface area contributed by atoms with Crippen LogP contribution in [0.3, 0.4) is 0 Å². The van der Waals surface area contributed by atoms with Crippen LogP contribution in [-0.4, -0.2) is 17.2 Å². The molecule has 2 aromatic carbocycles. The van der Waals surface area contributed by atoms with Crippen molar-refractivity contribution in [3.63, 3.8) is 0 Å². The molecule has 0 aliphatic rings. The third-order valence-electron chi connectivity index (χ3n) is 3.38. The van der Waals surface area contributed by atoms with Crippen LogP contribution in [0, 0.1) is 6.92 Å². The number of ether oxygens (including phenoxy) is 1. The molecule has 0 aromatic heterocycles. The molecular formula is C18H19Cl2NO3. The van der Waals surface area contributed by atoms with E-state index >= 15 is 0 Å².